The van der Waals surface area contributed by atoms with E-state index in [-0.39, 0.29) is 18.3 Å². The van der Waals surface area contributed by atoms with E-state index in [1.165, 1.54) is 16.9 Å². The Bertz CT molecular complexity index is 697. The maximum absolute atomic E-state index is 12.6. The van der Waals surface area contributed by atoms with Gasteiger partial charge in [0.2, 0.25) is 0 Å². The molecule has 0 saturated carbocycles. The van der Waals surface area contributed by atoms with Gasteiger partial charge in [-0.1, -0.05) is 12.1 Å². The molecular weight excluding hydrogens is 370 g/mol. The van der Waals surface area contributed by atoms with E-state index in [2.05, 4.69) is 17.1 Å². The number of carbonyl (C=O) groups excluding carboxylic acids is 1. The smallest absolute Gasteiger partial charge is 0.273 e. The fraction of sp³-hybridized carbons (Fsp3) is 0.474. The van der Waals surface area contributed by atoms with Gasteiger partial charge in [-0.3, -0.25) is 4.79 Å². The number of aromatic nitrogens is 1. The lowest BCUT2D eigenvalue weighted by Gasteiger charge is -2.31. The molecule has 26 heavy (non-hydrogen) atoms. The second-order valence-electron chi connectivity index (χ2n) is 6.45. The monoisotopic (exact) mass is 395 g/mol. The van der Waals surface area contributed by atoms with Crippen LogP contribution in [-0.4, -0.2) is 42.5 Å². The van der Waals surface area contributed by atoms with Crippen LogP contribution in [0, 0.1) is 5.92 Å². The third-order valence-electron chi connectivity index (χ3n) is 4.71. The lowest BCUT2D eigenvalue weighted by Crippen LogP contribution is -2.39. The Balaban J connectivity index is 0.00000243. The number of nitrogens with two attached hydrogens (primary N) is 1. The average molecular weight is 396 g/mol. The van der Waals surface area contributed by atoms with Crippen molar-refractivity contribution in [2.45, 2.75) is 25.7 Å². The molecule has 0 atom stereocenters. The number of thiazole rings is 1. The predicted molar refractivity (Wildman–Crippen MR) is 107 cm³/mol. The van der Waals surface area contributed by atoms with Gasteiger partial charge >= 0.3 is 0 Å². The molecule has 1 aromatic heterocycles. The second kappa shape index (κ2) is 9.90. The highest BCUT2D eigenvalue weighted by atomic mass is 35.5. The predicted octanol–water partition coefficient (Wildman–Crippen LogP) is 3.17. The van der Waals surface area contributed by atoms with Gasteiger partial charge in [0.25, 0.3) is 5.91 Å². The Hall–Kier alpha value is -1.63. The van der Waals surface area contributed by atoms with E-state index in [0.29, 0.717) is 18.2 Å². The zero-order valence-corrected chi connectivity index (χ0v) is 16.7. The molecule has 0 bridgehead atoms. The van der Waals surface area contributed by atoms with Crippen molar-refractivity contribution < 1.29 is 9.53 Å². The summed E-state index contributed by atoms with van der Waals surface area (Å²) in [7, 11) is 1.68. The Morgan fingerprint density at radius 3 is 2.62 bits per heavy atom. The molecule has 0 unspecified atom stereocenters. The van der Waals surface area contributed by atoms with Crippen molar-refractivity contribution in [1.82, 2.24) is 9.88 Å². The number of ether oxygens (including phenoxy) is 1. The van der Waals surface area contributed by atoms with E-state index in [4.69, 9.17) is 10.5 Å². The van der Waals surface area contributed by atoms with Crippen LogP contribution in [0.3, 0.4) is 0 Å². The van der Waals surface area contributed by atoms with Crippen molar-refractivity contribution >= 4 is 29.7 Å². The van der Waals surface area contributed by atoms with Crippen LogP contribution in [-0.2, 0) is 12.8 Å². The molecule has 2 N–H and O–H groups in total. The van der Waals surface area contributed by atoms with Crippen molar-refractivity contribution in [3.05, 3.63) is 45.9 Å². The Kier molecular flexibility index (Phi) is 7.87. The number of nitrogens with zero attached hydrogens (tertiary/aromatic N) is 2. The topological polar surface area (TPSA) is 68.5 Å². The number of rotatable bonds is 6. The summed E-state index contributed by atoms with van der Waals surface area (Å²) in [6.45, 7) is 2.19. The van der Waals surface area contributed by atoms with Gasteiger partial charge < -0.3 is 15.4 Å². The first-order valence-electron chi connectivity index (χ1n) is 8.76. The van der Waals surface area contributed by atoms with Crippen molar-refractivity contribution in [2.24, 2.45) is 11.7 Å². The molecule has 2 aromatic rings. The van der Waals surface area contributed by atoms with Crippen LogP contribution in [0.2, 0.25) is 0 Å². The Morgan fingerprint density at radius 2 is 2.00 bits per heavy atom. The quantitative estimate of drug-likeness (QED) is 0.815. The molecule has 1 aliphatic rings. The largest absolute Gasteiger partial charge is 0.497 e. The number of hydrogen-bond donors (Lipinski definition) is 1. The molecule has 1 fully saturated rings. The number of methoxy groups -OCH3 is 1. The molecule has 0 spiro atoms. The molecule has 1 saturated heterocycles. The van der Waals surface area contributed by atoms with Crippen LogP contribution in [0.1, 0.15) is 33.9 Å². The summed E-state index contributed by atoms with van der Waals surface area (Å²) >= 11 is 1.52. The summed E-state index contributed by atoms with van der Waals surface area (Å²) in [4.78, 5) is 18.9. The minimum Gasteiger partial charge on any atom is -0.497 e. The molecule has 0 aliphatic carbocycles. The Morgan fingerprint density at radius 1 is 1.31 bits per heavy atom. The first-order chi connectivity index (χ1) is 12.2. The van der Waals surface area contributed by atoms with E-state index < -0.39 is 0 Å². The molecule has 0 radical (unpaired) electrons. The lowest BCUT2D eigenvalue weighted by molar-refractivity contribution is 0.0685. The van der Waals surface area contributed by atoms with Crippen molar-refractivity contribution in [1.29, 1.82) is 0 Å². The number of amides is 1. The second-order valence-corrected chi connectivity index (χ2v) is 7.40. The van der Waals surface area contributed by atoms with Crippen LogP contribution in [0.4, 0.5) is 0 Å². The summed E-state index contributed by atoms with van der Waals surface area (Å²) in [5.41, 5.74) is 7.45. The molecule has 1 amide bonds. The molecule has 3 rings (SSSR count). The highest BCUT2D eigenvalue weighted by Crippen LogP contribution is 2.24. The number of benzene rings is 1. The SMILES string of the molecule is COc1ccc(CC2CCN(C(=O)c3csc(CCN)n3)CC2)cc1.Cl. The fourth-order valence-electron chi connectivity index (χ4n) is 3.24. The van der Waals surface area contributed by atoms with E-state index in [9.17, 15) is 4.79 Å². The van der Waals surface area contributed by atoms with Crippen molar-refractivity contribution in [3.8, 4) is 5.75 Å². The summed E-state index contributed by atoms with van der Waals surface area (Å²) in [6.07, 6.45) is 3.88. The van der Waals surface area contributed by atoms with Crippen LogP contribution in [0.5, 0.6) is 5.75 Å². The highest BCUT2D eigenvalue weighted by Gasteiger charge is 2.25. The Labute approximate surface area is 165 Å². The average Bonchev–Trinajstić information content (AvgIpc) is 3.11. The minimum atomic E-state index is 0. The summed E-state index contributed by atoms with van der Waals surface area (Å²) < 4.78 is 5.20. The van der Waals surface area contributed by atoms with Gasteiger partial charge in [-0.15, -0.1) is 23.7 Å². The van der Waals surface area contributed by atoms with Crippen LogP contribution in [0.15, 0.2) is 29.6 Å². The van der Waals surface area contributed by atoms with E-state index >= 15 is 0 Å². The van der Waals surface area contributed by atoms with Gasteiger partial charge in [-0.25, -0.2) is 4.98 Å². The molecule has 1 aliphatic heterocycles. The molecule has 142 valence electrons. The number of halogens is 1. The summed E-state index contributed by atoms with van der Waals surface area (Å²) in [6, 6.07) is 8.28. The minimum absolute atomic E-state index is 0. The molecule has 2 heterocycles. The number of piperidine rings is 1. The molecule has 7 heteroatoms. The number of carbonyl (C=O) groups is 1. The highest BCUT2D eigenvalue weighted by molar-refractivity contribution is 7.09. The first kappa shape index (κ1) is 20.7. The maximum Gasteiger partial charge on any atom is 0.273 e. The zero-order chi connectivity index (χ0) is 17.6. The normalized spacial score (nSPS) is 14.8. The zero-order valence-electron chi connectivity index (χ0n) is 15.0. The van der Waals surface area contributed by atoms with Crippen molar-refractivity contribution in [2.75, 3.05) is 26.7 Å². The third kappa shape index (κ3) is 5.19. The summed E-state index contributed by atoms with van der Waals surface area (Å²) in [5.74, 6) is 1.57. The van der Waals surface area contributed by atoms with Crippen molar-refractivity contribution in [3.63, 3.8) is 0 Å². The maximum atomic E-state index is 12.6. The fourth-order valence-corrected chi connectivity index (χ4v) is 4.03. The molecule has 1 aromatic carbocycles. The van der Waals surface area contributed by atoms with Gasteiger partial charge in [0, 0.05) is 24.9 Å². The third-order valence-corrected chi connectivity index (χ3v) is 5.62. The molecular formula is C19H26ClN3O2S. The van der Waals surface area contributed by atoms with Crippen LogP contribution < -0.4 is 10.5 Å². The summed E-state index contributed by atoms with van der Waals surface area (Å²) in [5, 5.41) is 2.80. The standard InChI is InChI=1S/C19H25N3O2S.ClH/c1-24-16-4-2-14(3-5-16)12-15-7-10-22(11-8-15)19(23)17-13-25-18(21-17)6-9-20;/h2-5,13,15H,6-12,20H2,1H3;1H. The molecule has 5 nitrogen and oxygen atoms in total. The van der Waals surface area contributed by atoms with E-state index in [1.807, 2.05) is 22.4 Å². The number of likely N-dealkylation sites (tertiary alicyclic amines) is 1. The van der Waals surface area contributed by atoms with Gasteiger partial charge in [0.05, 0.1) is 12.1 Å². The number of hydrogen-bond acceptors (Lipinski definition) is 5. The first-order valence-corrected chi connectivity index (χ1v) is 9.64. The van der Waals surface area contributed by atoms with Crippen LogP contribution >= 0.6 is 23.7 Å². The van der Waals surface area contributed by atoms with E-state index in [0.717, 1.165) is 49.5 Å². The van der Waals surface area contributed by atoms with Gasteiger partial charge in [-0.2, -0.15) is 0 Å². The van der Waals surface area contributed by atoms with Gasteiger partial charge in [0.1, 0.15) is 11.4 Å². The lowest BCUT2D eigenvalue weighted by atomic mass is 9.90. The van der Waals surface area contributed by atoms with E-state index in [1.54, 1.807) is 7.11 Å². The van der Waals surface area contributed by atoms with Gasteiger partial charge in [0.15, 0.2) is 0 Å². The van der Waals surface area contributed by atoms with Crippen LogP contribution in [0.25, 0.3) is 0 Å². The van der Waals surface area contributed by atoms with Gasteiger partial charge in [-0.05, 0) is 49.4 Å².